The standard InChI is InChI=1S/C16H21N3O2S/c1-16(2,3)9-4-5-10-11(8-9)22-15(13(10)14(18)21)19-12(20)6-7-17/h9H,4-6,8H2,1-3H3,(H2,18,21)(H,19,20)/t9-/m1/s1. The third kappa shape index (κ3) is 3.30. The first kappa shape index (κ1) is 16.5. The van der Waals surface area contributed by atoms with Crippen molar-refractivity contribution < 1.29 is 9.59 Å². The molecule has 118 valence electrons. The summed E-state index contributed by atoms with van der Waals surface area (Å²) in [7, 11) is 0. The van der Waals surface area contributed by atoms with Crippen molar-refractivity contribution in [2.24, 2.45) is 17.1 Å². The van der Waals surface area contributed by atoms with Gasteiger partial charge >= 0.3 is 0 Å². The predicted octanol–water partition coefficient (Wildman–Crippen LogP) is 2.85. The number of nitriles is 1. The Morgan fingerprint density at radius 1 is 1.45 bits per heavy atom. The quantitative estimate of drug-likeness (QED) is 0.896. The van der Waals surface area contributed by atoms with E-state index in [0.29, 0.717) is 16.5 Å². The van der Waals surface area contributed by atoms with Gasteiger partial charge in [0.05, 0.1) is 11.6 Å². The van der Waals surface area contributed by atoms with E-state index in [-0.39, 0.29) is 11.8 Å². The van der Waals surface area contributed by atoms with Gasteiger partial charge in [0.1, 0.15) is 11.4 Å². The van der Waals surface area contributed by atoms with Crippen LogP contribution in [0.15, 0.2) is 0 Å². The Morgan fingerprint density at radius 2 is 2.14 bits per heavy atom. The van der Waals surface area contributed by atoms with Crippen LogP contribution in [0.2, 0.25) is 0 Å². The van der Waals surface area contributed by atoms with Gasteiger partial charge in [-0.1, -0.05) is 20.8 Å². The minimum atomic E-state index is -0.515. The Kier molecular flexibility index (Phi) is 4.57. The average Bonchev–Trinajstić information content (AvgIpc) is 2.74. The average molecular weight is 319 g/mol. The Morgan fingerprint density at radius 3 is 2.68 bits per heavy atom. The summed E-state index contributed by atoms with van der Waals surface area (Å²) in [4.78, 5) is 24.6. The van der Waals surface area contributed by atoms with E-state index >= 15 is 0 Å². The Labute approximate surface area is 134 Å². The highest BCUT2D eigenvalue weighted by Gasteiger charge is 2.33. The molecule has 0 radical (unpaired) electrons. The third-order valence-corrected chi connectivity index (χ3v) is 5.40. The van der Waals surface area contributed by atoms with Crippen LogP contribution in [0.1, 0.15) is 54.4 Å². The summed E-state index contributed by atoms with van der Waals surface area (Å²) < 4.78 is 0. The highest BCUT2D eigenvalue weighted by molar-refractivity contribution is 7.17. The zero-order valence-corrected chi connectivity index (χ0v) is 14.0. The molecule has 5 nitrogen and oxygen atoms in total. The number of rotatable bonds is 3. The van der Waals surface area contributed by atoms with E-state index in [1.165, 1.54) is 11.3 Å². The van der Waals surface area contributed by atoms with Gasteiger partial charge in [0.15, 0.2) is 0 Å². The lowest BCUT2D eigenvalue weighted by molar-refractivity contribution is -0.115. The second-order valence-electron chi connectivity index (χ2n) is 6.76. The molecule has 0 fully saturated rings. The van der Waals surface area contributed by atoms with E-state index in [4.69, 9.17) is 11.0 Å². The molecule has 6 heteroatoms. The largest absolute Gasteiger partial charge is 0.365 e. The number of thiophene rings is 1. The normalized spacial score (nSPS) is 17.5. The minimum absolute atomic E-state index is 0.207. The number of hydrogen-bond acceptors (Lipinski definition) is 4. The van der Waals surface area contributed by atoms with Crippen LogP contribution in [0.5, 0.6) is 0 Å². The SMILES string of the molecule is CC(C)(C)[C@@H]1CCc2c(sc(NC(=O)CC#N)c2C(N)=O)C1. The van der Waals surface area contributed by atoms with Crippen LogP contribution in [0.4, 0.5) is 5.00 Å². The first-order valence-corrected chi connectivity index (χ1v) is 8.16. The highest BCUT2D eigenvalue weighted by atomic mass is 32.1. The number of primary amides is 1. The zero-order chi connectivity index (χ0) is 16.5. The number of amides is 2. The van der Waals surface area contributed by atoms with Crippen molar-refractivity contribution in [2.45, 2.75) is 46.5 Å². The van der Waals surface area contributed by atoms with Crippen molar-refractivity contribution in [1.29, 1.82) is 5.26 Å². The molecule has 0 saturated carbocycles. The summed E-state index contributed by atoms with van der Waals surface area (Å²) in [6.07, 6.45) is 2.49. The number of carbonyl (C=O) groups excluding carboxylic acids is 2. The van der Waals surface area contributed by atoms with Gasteiger partial charge in [-0.3, -0.25) is 9.59 Å². The van der Waals surface area contributed by atoms with Crippen molar-refractivity contribution in [3.8, 4) is 6.07 Å². The number of carbonyl (C=O) groups is 2. The molecule has 0 aliphatic heterocycles. The predicted molar refractivity (Wildman–Crippen MR) is 86.7 cm³/mol. The molecule has 0 unspecified atom stereocenters. The number of nitrogens with one attached hydrogen (secondary N) is 1. The molecule has 1 aliphatic carbocycles. The molecule has 0 spiro atoms. The van der Waals surface area contributed by atoms with Crippen molar-refractivity contribution in [3.63, 3.8) is 0 Å². The molecule has 3 N–H and O–H groups in total. The van der Waals surface area contributed by atoms with E-state index in [1.807, 2.05) is 0 Å². The first-order chi connectivity index (χ1) is 10.2. The second kappa shape index (κ2) is 6.09. The molecule has 1 heterocycles. The Bertz CT molecular complexity index is 650. The van der Waals surface area contributed by atoms with Gasteiger partial charge in [-0.2, -0.15) is 5.26 Å². The van der Waals surface area contributed by atoms with Crippen molar-refractivity contribution in [2.75, 3.05) is 5.32 Å². The molecule has 2 rings (SSSR count). The molecule has 1 aliphatic rings. The van der Waals surface area contributed by atoms with Crippen molar-refractivity contribution in [1.82, 2.24) is 0 Å². The van der Waals surface area contributed by atoms with E-state index < -0.39 is 11.8 Å². The van der Waals surface area contributed by atoms with E-state index in [9.17, 15) is 9.59 Å². The fourth-order valence-corrected chi connectivity index (χ4v) is 4.27. The Hall–Kier alpha value is -1.87. The molecule has 2 amide bonds. The summed E-state index contributed by atoms with van der Waals surface area (Å²) in [6.45, 7) is 6.67. The first-order valence-electron chi connectivity index (χ1n) is 7.35. The second-order valence-corrected chi connectivity index (χ2v) is 7.87. The maximum atomic E-state index is 11.8. The summed E-state index contributed by atoms with van der Waals surface area (Å²) in [6, 6.07) is 1.80. The fourth-order valence-electron chi connectivity index (χ4n) is 2.92. The lowest BCUT2D eigenvalue weighted by atomic mass is 9.72. The lowest BCUT2D eigenvalue weighted by Gasteiger charge is -2.33. The van der Waals surface area contributed by atoms with Gasteiger partial charge in [0, 0.05) is 4.88 Å². The maximum absolute atomic E-state index is 11.8. The van der Waals surface area contributed by atoms with Crippen LogP contribution in [0.3, 0.4) is 0 Å². The topological polar surface area (TPSA) is 96.0 Å². The Balaban J connectivity index is 2.35. The highest BCUT2D eigenvalue weighted by Crippen LogP contribution is 2.44. The van der Waals surface area contributed by atoms with Crippen LogP contribution >= 0.6 is 11.3 Å². The minimum Gasteiger partial charge on any atom is -0.365 e. The van der Waals surface area contributed by atoms with Gasteiger partial charge in [-0.25, -0.2) is 0 Å². The molecule has 1 aromatic heterocycles. The van der Waals surface area contributed by atoms with Crippen LogP contribution in [-0.2, 0) is 17.6 Å². The monoisotopic (exact) mass is 319 g/mol. The number of nitrogens with zero attached hydrogens (tertiary/aromatic N) is 1. The molecular formula is C16H21N3O2S. The van der Waals surface area contributed by atoms with Crippen LogP contribution in [0.25, 0.3) is 0 Å². The van der Waals surface area contributed by atoms with Crippen LogP contribution < -0.4 is 11.1 Å². The van der Waals surface area contributed by atoms with Crippen LogP contribution in [-0.4, -0.2) is 11.8 Å². The third-order valence-electron chi connectivity index (χ3n) is 4.23. The van der Waals surface area contributed by atoms with E-state index in [0.717, 1.165) is 29.7 Å². The fraction of sp³-hybridized carbons (Fsp3) is 0.562. The van der Waals surface area contributed by atoms with E-state index in [2.05, 4.69) is 26.1 Å². The number of fused-ring (bicyclic) bond motifs is 1. The summed E-state index contributed by atoms with van der Waals surface area (Å²) in [5, 5.41) is 11.7. The molecule has 1 aromatic rings. The van der Waals surface area contributed by atoms with Gasteiger partial charge in [-0.15, -0.1) is 11.3 Å². The summed E-state index contributed by atoms with van der Waals surface area (Å²) in [5.74, 6) is -0.378. The number of nitrogens with two attached hydrogens (primary N) is 1. The summed E-state index contributed by atoms with van der Waals surface area (Å²) in [5.41, 5.74) is 7.12. The molecule has 0 aromatic carbocycles. The zero-order valence-electron chi connectivity index (χ0n) is 13.2. The molecule has 1 atom stereocenters. The van der Waals surface area contributed by atoms with Gasteiger partial charge in [-0.05, 0) is 36.2 Å². The van der Waals surface area contributed by atoms with Crippen LogP contribution in [0, 0.1) is 22.7 Å². The number of hydrogen-bond donors (Lipinski definition) is 2. The van der Waals surface area contributed by atoms with Crippen molar-refractivity contribution >= 4 is 28.2 Å². The van der Waals surface area contributed by atoms with Gasteiger partial charge in [0.25, 0.3) is 5.91 Å². The van der Waals surface area contributed by atoms with Gasteiger partial charge < -0.3 is 11.1 Å². The molecule has 22 heavy (non-hydrogen) atoms. The maximum Gasteiger partial charge on any atom is 0.251 e. The summed E-state index contributed by atoms with van der Waals surface area (Å²) >= 11 is 1.42. The molecule has 0 saturated heterocycles. The van der Waals surface area contributed by atoms with Crippen molar-refractivity contribution in [3.05, 3.63) is 16.0 Å². The van der Waals surface area contributed by atoms with Gasteiger partial charge in [0.2, 0.25) is 5.91 Å². The van der Waals surface area contributed by atoms with E-state index in [1.54, 1.807) is 6.07 Å². The lowest BCUT2D eigenvalue weighted by Crippen LogP contribution is -2.27. The smallest absolute Gasteiger partial charge is 0.251 e. The molecule has 0 bridgehead atoms. The molecular weight excluding hydrogens is 298 g/mol. The number of anilines is 1.